The van der Waals surface area contributed by atoms with Crippen molar-refractivity contribution >= 4 is 15.9 Å². The van der Waals surface area contributed by atoms with Gasteiger partial charge >= 0.3 is 0 Å². The van der Waals surface area contributed by atoms with Crippen LogP contribution in [0, 0.1) is 5.82 Å². The predicted octanol–water partition coefficient (Wildman–Crippen LogP) is 3.91. The maximum Gasteiger partial charge on any atom is 0.123 e. The molecular weight excluding hydrogens is 295 g/mol. The van der Waals surface area contributed by atoms with E-state index in [1.54, 1.807) is 6.07 Å². The molecule has 1 atom stereocenters. The van der Waals surface area contributed by atoms with E-state index < -0.39 is 0 Å². The van der Waals surface area contributed by atoms with Crippen molar-refractivity contribution in [2.24, 2.45) is 0 Å². The first-order valence-corrected chi connectivity index (χ1v) is 6.59. The van der Waals surface area contributed by atoms with Crippen LogP contribution in [0.3, 0.4) is 0 Å². The lowest BCUT2D eigenvalue weighted by Gasteiger charge is -2.15. The Morgan fingerprint density at radius 2 is 1.89 bits per heavy atom. The molecule has 0 saturated heterocycles. The van der Waals surface area contributed by atoms with Crippen molar-refractivity contribution in [2.75, 3.05) is 6.61 Å². The first-order chi connectivity index (χ1) is 8.70. The van der Waals surface area contributed by atoms with E-state index >= 15 is 0 Å². The second-order valence-electron chi connectivity index (χ2n) is 4.23. The highest BCUT2D eigenvalue weighted by atomic mass is 79.9. The summed E-state index contributed by atoms with van der Waals surface area (Å²) in [4.78, 5) is 0. The highest BCUT2D eigenvalue weighted by Crippen LogP contribution is 2.25. The molecule has 0 aliphatic carbocycles. The summed E-state index contributed by atoms with van der Waals surface area (Å²) in [6.07, 6.45) is 0.682. The number of halogens is 2. The molecule has 18 heavy (non-hydrogen) atoms. The fourth-order valence-electron chi connectivity index (χ4n) is 1.98. The van der Waals surface area contributed by atoms with Crippen LogP contribution in [0.2, 0.25) is 0 Å². The van der Waals surface area contributed by atoms with Gasteiger partial charge < -0.3 is 5.11 Å². The molecule has 0 aliphatic heterocycles. The van der Waals surface area contributed by atoms with E-state index in [4.69, 9.17) is 0 Å². The first kappa shape index (κ1) is 13.2. The molecule has 0 bridgehead atoms. The van der Waals surface area contributed by atoms with Crippen molar-refractivity contribution in [3.8, 4) is 0 Å². The van der Waals surface area contributed by atoms with E-state index in [0.29, 0.717) is 6.42 Å². The topological polar surface area (TPSA) is 20.2 Å². The predicted molar refractivity (Wildman–Crippen MR) is 74.1 cm³/mol. The molecule has 1 N–H and O–H groups in total. The average Bonchev–Trinajstić information content (AvgIpc) is 2.38. The van der Waals surface area contributed by atoms with Crippen LogP contribution in [0.1, 0.15) is 17.0 Å². The van der Waals surface area contributed by atoms with Crippen LogP contribution in [0.25, 0.3) is 0 Å². The lowest BCUT2D eigenvalue weighted by atomic mass is 9.93. The molecule has 0 amide bonds. The van der Waals surface area contributed by atoms with Crippen LogP contribution in [0.15, 0.2) is 53.0 Å². The zero-order valence-corrected chi connectivity index (χ0v) is 11.4. The summed E-state index contributed by atoms with van der Waals surface area (Å²) < 4.78 is 14.2. The van der Waals surface area contributed by atoms with Gasteiger partial charge in [-0.2, -0.15) is 0 Å². The van der Waals surface area contributed by atoms with Crippen molar-refractivity contribution in [3.63, 3.8) is 0 Å². The number of rotatable bonds is 4. The van der Waals surface area contributed by atoms with Gasteiger partial charge in [0.2, 0.25) is 0 Å². The Morgan fingerprint density at radius 3 is 2.56 bits per heavy atom. The molecule has 2 aromatic carbocycles. The molecule has 0 radical (unpaired) electrons. The van der Waals surface area contributed by atoms with Crippen molar-refractivity contribution < 1.29 is 9.50 Å². The molecule has 1 unspecified atom stereocenters. The number of hydrogen-bond donors (Lipinski definition) is 1. The van der Waals surface area contributed by atoms with Crippen LogP contribution in [0.5, 0.6) is 0 Å². The van der Waals surface area contributed by atoms with Crippen LogP contribution < -0.4 is 0 Å². The third-order valence-electron chi connectivity index (χ3n) is 2.96. The fourth-order valence-corrected chi connectivity index (χ4v) is 2.42. The zero-order chi connectivity index (χ0) is 13.0. The van der Waals surface area contributed by atoms with Gasteiger partial charge in [0.15, 0.2) is 0 Å². The SMILES string of the molecule is OCC(Cc1ccccc1Br)c1cccc(F)c1. The molecule has 0 aromatic heterocycles. The fraction of sp³-hybridized carbons (Fsp3) is 0.200. The van der Waals surface area contributed by atoms with Crippen molar-refractivity contribution in [1.29, 1.82) is 0 Å². The summed E-state index contributed by atoms with van der Waals surface area (Å²) in [6.45, 7) is 0.00475. The van der Waals surface area contributed by atoms with Crippen molar-refractivity contribution in [1.82, 2.24) is 0 Å². The van der Waals surface area contributed by atoms with E-state index in [1.165, 1.54) is 12.1 Å². The smallest absolute Gasteiger partial charge is 0.123 e. The van der Waals surface area contributed by atoms with E-state index in [2.05, 4.69) is 15.9 Å². The number of aliphatic hydroxyl groups excluding tert-OH is 1. The third kappa shape index (κ3) is 3.18. The highest BCUT2D eigenvalue weighted by molar-refractivity contribution is 9.10. The summed E-state index contributed by atoms with van der Waals surface area (Å²) >= 11 is 3.49. The molecule has 0 heterocycles. The summed E-state index contributed by atoms with van der Waals surface area (Å²) in [5.74, 6) is -0.350. The summed E-state index contributed by atoms with van der Waals surface area (Å²) in [5.41, 5.74) is 1.94. The lowest BCUT2D eigenvalue weighted by Crippen LogP contribution is -2.08. The van der Waals surface area contributed by atoms with E-state index in [9.17, 15) is 9.50 Å². The monoisotopic (exact) mass is 308 g/mol. The molecule has 3 heteroatoms. The Hall–Kier alpha value is -1.19. The molecule has 2 rings (SSSR count). The number of hydrogen-bond acceptors (Lipinski definition) is 1. The van der Waals surface area contributed by atoms with Crippen LogP contribution in [0.4, 0.5) is 4.39 Å². The molecule has 0 fully saturated rings. The third-order valence-corrected chi connectivity index (χ3v) is 3.74. The minimum absolute atomic E-state index is 0.00475. The maximum atomic E-state index is 13.2. The molecule has 0 saturated carbocycles. The molecular formula is C15H14BrFO. The zero-order valence-electron chi connectivity index (χ0n) is 9.81. The Kier molecular flexibility index (Phi) is 4.50. The summed E-state index contributed by atoms with van der Waals surface area (Å²) in [7, 11) is 0. The Morgan fingerprint density at radius 1 is 1.11 bits per heavy atom. The normalized spacial score (nSPS) is 12.4. The van der Waals surface area contributed by atoms with Gasteiger partial charge in [0.1, 0.15) is 5.82 Å². The van der Waals surface area contributed by atoms with E-state index in [-0.39, 0.29) is 18.3 Å². The van der Waals surface area contributed by atoms with Crippen LogP contribution in [-0.2, 0) is 6.42 Å². The van der Waals surface area contributed by atoms with Gasteiger partial charge in [-0.25, -0.2) is 4.39 Å². The summed E-state index contributed by atoms with van der Waals surface area (Å²) in [5, 5.41) is 9.48. The Balaban J connectivity index is 2.23. The second kappa shape index (κ2) is 6.12. The molecule has 2 aromatic rings. The van der Waals surface area contributed by atoms with Crippen molar-refractivity contribution in [2.45, 2.75) is 12.3 Å². The van der Waals surface area contributed by atoms with Crippen LogP contribution >= 0.6 is 15.9 Å². The lowest BCUT2D eigenvalue weighted by molar-refractivity contribution is 0.264. The van der Waals surface area contributed by atoms with E-state index in [1.807, 2.05) is 30.3 Å². The largest absolute Gasteiger partial charge is 0.396 e. The molecule has 94 valence electrons. The highest BCUT2D eigenvalue weighted by Gasteiger charge is 2.13. The Bertz CT molecular complexity index is 527. The van der Waals surface area contributed by atoms with E-state index in [0.717, 1.165) is 15.6 Å². The van der Waals surface area contributed by atoms with Crippen LogP contribution in [-0.4, -0.2) is 11.7 Å². The number of aliphatic hydroxyl groups is 1. The quantitative estimate of drug-likeness (QED) is 0.908. The van der Waals surface area contributed by atoms with Gasteiger partial charge in [-0.3, -0.25) is 0 Å². The first-order valence-electron chi connectivity index (χ1n) is 5.80. The standard InChI is InChI=1S/C15H14BrFO/c16-15-7-2-1-4-12(15)8-13(10-18)11-5-3-6-14(17)9-11/h1-7,9,13,18H,8,10H2. The number of benzene rings is 2. The minimum Gasteiger partial charge on any atom is -0.396 e. The van der Waals surface area contributed by atoms with Gasteiger partial charge in [-0.1, -0.05) is 46.3 Å². The van der Waals surface area contributed by atoms with Gasteiger partial charge in [-0.15, -0.1) is 0 Å². The second-order valence-corrected chi connectivity index (χ2v) is 5.08. The Labute approximate surface area is 114 Å². The molecule has 0 spiro atoms. The van der Waals surface area contributed by atoms with Gasteiger partial charge in [0.25, 0.3) is 0 Å². The van der Waals surface area contributed by atoms with Gasteiger partial charge in [0.05, 0.1) is 6.61 Å². The average molecular weight is 309 g/mol. The maximum absolute atomic E-state index is 13.2. The molecule has 0 aliphatic rings. The van der Waals surface area contributed by atoms with Gasteiger partial charge in [-0.05, 0) is 35.7 Å². The van der Waals surface area contributed by atoms with Gasteiger partial charge in [0, 0.05) is 10.4 Å². The minimum atomic E-state index is -0.266. The molecule has 1 nitrogen and oxygen atoms in total. The van der Waals surface area contributed by atoms with Crippen molar-refractivity contribution in [3.05, 3.63) is 69.9 Å². The summed E-state index contributed by atoms with van der Waals surface area (Å²) in [6, 6.07) is 14.3.